The summed E-state index contributed by atoms with van der Waals surface area (Å²) >= 11 is 0. The molecule has 1 aromatic carbocycles. The van der Waals surface area contributed by atoms with Crippen molar-refractivity contribution in [2.24, 2.45) is 45.3 Å². The standard InChI is InChI=1S/C37H46O10/c1-19(38)45-27-15-25-36(5,24-13-12-23(35(24,27)4)22-14-29(41)43-17-22)32(47-33(42)21-10-8-7-9-11-21)30-31-34(3,18-44-30)26(40)16-28(37(25,31)6)46-20(2)39/h7-11,13,22-23,25-28,30-32,40H,12,14-18H2,1-6H3/t22?,23-,25-,26+,27-,28-,30?,31-,32+,34+,35-,36-,37-/m0/s1. The maximum Gasteiger partial charge on any atom is 0.338 e. The lowest BCUT2D eigenvalue weighted by molar-refractivity contribution is -0.270. The third-order valence-corrected chi connectivity index (χ3v) is 13.5. The van der Waals surface area contributed by atoms with E-state index in [1.54, 1.807) is 24.3 Å². The Labute approximate surface area is 275 Å². The Kier molecular flexibility index (Phi) is 7.49. The Morgan fingerprint density at radius 2 is 1.60 bits per heavy atom. The van der Waals surface area contributed by atoms with Crippen molar-refractivity contribution in [1.82, 2.24) is 0 Å². The van der Waals surface area contributed by atoms with Crippen LogP contribution in [0.1, 0.15) is 77.6 Å². The number of aliphatic hydroxyl groups is 1. The van der Waals surface area contributed by atoms with Gasteiger partial charge in [-0.05, 0) is 36.8 Å². The highest BCUT2D eigenvalue weighted by molar-refractivity contribution is 5.89. The van der Waals surface area contributed by atoms with Crippen LogP contribution in [0.3, 0.4) is 0 Å². The average molecular weight is 651 g/mol. The number of rotatable bonds is 5. The van der Waals surface area contributed by atoms with Crippen molar-refractivity contribution >= 4 is 23.9 Å². The quantitative estimate of drug-likeness (QED) is 0.277. The monoisotopic (exact) mass is 650 g/mol. The molecule has 254 valence electrons. The second-order valence-electron chi connectivity index (χ2n) is 15.7. The van der Waals surface area contributed by atoms with Gasteiger partial charge < -0.3 is 28.8 Å². The van der Waals surface area contributed by atoms with Crippen molar-refractivity contribution < 1.29 is 48.0 Å². The van der Waals surface area contributed by atoms with E-state index in [2.05, 4.69) is 26.8 Å². The molecule has 2 aliphatic heterocycles. The lowest BCUT2D eigenvalue weighted by Gasteiger charge is -2.70. The zero-order valence-electron chi connectivity index (χ0n) is 28.0. The lowest BCUT2D eigenvalue weighted by Crippen LogP contribution is -2.74. The average Bonchev–Trinajstić information content (AvgIpc) is 3.71. The molecule has 7 rings (SSSR count). The second-order valence-corrected chi connectivity index (χ2v) is 15.7. The van der Waals surface area contributed by atoms with Gasteiger partial charge in [0, 0.05) is 53.8 Å². The van der Waals surface area contributed by atoms with Gasteiger partial charge in [-0.15, -0.1) is 0 Å². The first-order valence-electron chi connectivity index (χ1n) is 16.9. The second kappa shape index (κ2) is 10.9. The van der Waals surface area contributed by atoms with Crippen LogP contribution in [0.25, 0.3) is 0 Å². The molecule has 3 saturated carbocycles. The largest absolute Gasteiger partial charge is 0.465 e. The van der Waals surface area contributed by atoms with E-state index >= 15 is 0 Å². The number of hydrogen-bond donors (Lipinski definition) is 1. The Morgan fingerprint density at radius 3 is 2.23 bits per heavy atom. The predicted molar refractivity (Wildman–Crippen MR) is 166 cm³/mol. The van der Waals surface area contributed by atoms with Crippen LogP contribution in [0.4, 0.5) is 0 Å². The molecule has 1 aromatic rings. The van der Waals surface area contributed by atoms with Gasteiger partial charge in [0.1, 0.15) is 18.3 Å². The molecule has 6 aliphatic rings. The normalized spacial score (nSPS) is 46.3. The summed E-state index contributed by atoms with van der Waals surface area (Å²) in [5.74, 6) is -2.34. The van der Waals surface area contributed by atoms with Crippen LogP contribution in [-0.4, -0.2) is 72.7 Å². The van der Waals surface area contributed by atoms with Crippen LogP contribution in [0.5, 0.6) is 0 Å². The van der Waals surface area contributed by atoms with Crippen LogP contribution in [0, 0.1) is 45.3 Å². The van der Waals surface area contributed by atoms with Crippen molar-refractivity contribution in [1.29, 1.82) is 0 Å². The third kappa shape index (κ3) is 4.42. The van der Waals surface area contributed by atoms with E-state index in [0.29, 0.717) is 25.0 Å². The molecule has 47 heavy (non-hydrogen) atoms. The fraction of sp³-hybridized carbons (Fsp3) is 0.676. The number of benzene rings is 1. The maximum atomic E-state index is 14.0. The summed E-state index contributed by atoms with van der Waals surface area (Å²) < 4.78 is 31.1. The highest BCUT2D eigenvalue weighted by Crippen LogP contribution is 2.76. The van der Waals surface area contributed by atoms with Crippen LogP contribution in [0.15, 0.2) is 42.0 Å². The van der Waals surface area contributed by atoms with Gasteiger partial charge in [-0.1, -0.05) is 57.5 Å². The van der Waals surface area contributed by atoms with E-state index in [1.807, 2.05) is 13.0 Å². The zero-order valence-corrected chi connectivity index (χ0v) is 28.0. The Hall–Kier alpha value is -3.24. The van der Waals surface area contributed by atoms with Gasteiger partial charge in [0.15, 0.2) is 0 Å². The van der Waals surface area contributed by atoms with Crippen molar-refractivity contribution in [2.75, 3.05) is 13.2 Å². The Morgan fingerprint density at radius 1 is 0.915 bits per heavy atom. The van der Waals surface area contributed by atoms with Crippen LogP contribution >= 0.6 is 0 Å². The van der Waals surface area contributed by atoms with Gasteiger partial charge in [0.2, 0.25) is 0 Å². The van der Waals surface area contributed by atoms with Crippen molar-refractivity contribution in [3.8, 4) is 0 Å². The molecule has 2 saturated heterocycles. The van der Waals surface area contributed by atoms with E-state index in [9.17, 15) is 24.3 Å². The number of esters is 4. The highest BCUT2D eigenvalue weighted by Gasteiger charge is 2.79. The fourth-order valence-electron chi connectivity index (χ4n) is 11.6. The molecule has 0 bridgehead atoms. The smallest absolute Gasteiger partial charge is 0.338 e. The highest BCUT2D eigenvalue weighted by atomic mass is 16.6. The number of hydrogen-bond acceptors (Lipinski definition) is 10. The molecule has 13 atom stereocenters. The molecule has 4 aliphatic carbocycles. The first kappa shape index (κ1) is 32.3. The van der Waals surface area contributed by atoms with Crippen molar-refractivity contribution in [3.05, 3.63) is 47.5 Å². The van der Waals surface area contributed by atoms with Crippen LogP contribution in [-0.2, 0) is 38.1 Å². The molecular weight excluding hydrogens is 604 g/mol. The summed E-state index contributed by atoms with van der Waals surface area (Å²) in [6.45, 7) is 11.7. The number of ether oxygens (including phenoxy) is 5. The molecule has 10 heteroatoms. The van der Waals surface area contributed by atoms with E-state index in [-0.39, 0.29) is 49.1 Å². The third-order valence-electron chi connectivity index (χ3n) is 13.5. The number of aliphatic hydroxyl groups excluding tert-OH is 1. The minimum Gasteiger partial charge on any atom is -0.465 e. The number of carbonyl (C=O) groups is 4. The van der Waals surface area contributed by atoms with Gasteiger partial charge in [0.05, 0.1) is 37.4 Å². The first-order chi connectivity index (χ1) is 22.2. The topological polar surface area (TPSA) is 135 Å². The van der Waals surface area contributed by atoms with E-state index in [1.165, 1.54) is 13.8 Å². The molecular formula is C37H46O10. The molecule has 5 fully saturated rings. The van der Waals surface area contributed by atoms with Crippen molar-refractivity contribution in [2.45, 2.75) is 97.7 Å². The maximum absolute atomic E-state index is 14.0. The van der Waals surface area contributed by atoms with Gasteiger partial charge in [-0.3, -0.25) is 14.4 Å². The van der Waals surface area contributed by atoms with Gasteiger partial charge in [-0.2, -0.15) is 0 Å². The Bertz CT molecular complexity index is 1520. The van der Waals surface area contributed by atoms with Crippen molar-refractivity contribution in [3.63, 3.8) is 0 Å². The molecule has 0 amide bonds. The van der Waals surface area contributed by atoms with Gasteiger partial charge >= 0.3 is 23.9 Å². The number of cyclic esters (lactones) is 1. The van der Waals surface area contributed by atoms with E-state index in [0.717, 1.165) is 5.57 Å². The first-order valence-corrected chi connectivity index (χ1v) is 16.9. The van der Waals surface area contributed by atoms with E-state index < -0.39 is 70.1 Å². The molecule has 0 radical (unpaired) electrons. The summed E-state index contributed by atoms with van der Waals surface area (Å²) in [5.41, 5.74) is -1.59. The number of carbonyl (C=O) groups excluding carboxylic acids is 4. The van der Waals surface area contributed by atoms with Gasteiger partial charge in [-0.25, -0.2) is 4.79 Å². The number of fused-ring (bicyclic) bond motifs is 4. The minimum atomic E-state index is -0.851. The molecule has 0 spiro atoms. The van der Waals surface area contributed by atoms with Crippen LogP contribution < -0.4 is 0 Å². The fourth-order valence-corrected chi connectivity index (χ4v) is 11.6. The summed E-state index contributed by atoms with van der Waals surface area (Å²) in [6.07, 6.45) is 0.347. The van der Waals surface area contributed by atoms with Crippen LogP contribution in [0.2, 0.25) is 0 Å². The number of allylic oxidation sites excluding steroid dienone is 1. The molecule has 10 nitrogen and oxygen atoms in total. The SMILES string of the molecule is CC(=O)O[C@H]1C[C@H]2[C@](C)(C3=CC[C@@H](C4COC(=O)C4)[C@@]31C)[C@H](OC(=O)c1ccccc1)C1OC[C@]3(C)[C@H](O)C[C@H](OC(C)=O)[C@@]2(C)[C@@H]13. The minimum absolute atomic E-state index is 0.0608. The summed E-state index contributed by atoms with van der Waals surface area (Å²) in [4.78, 5) is 51.7. The summed E-state index contributed by atoms with van der Waals surface area (Å²) in [7, 11) is 0. The predicted octanol–water partition coefficient (Wildman–Crippen LogP) is 4.42. The summed E-state index contributed by atoms with van der Waals surface area (Å²) in [6, 6.07) is 8.87. The lowest BCUT2D eigenvalue weighted by atomic mass is 9.35. The zero-order chi connectivity index (χ0) is 33.7. The molecule has 2 heterocycles. The van der Waals surface area contributed by atoms with E-state index in [4.69, 9.17) is 23.7 Å². The summed E-state index contributed by atoms with van der Waals surface area (Å²) in [5, 5.41) is 11.6. The van der Waals surface area contributed by atoms with Gasteiger partial charge in [0.25, 0.3) is 0 Å². The molecule has 2 unspecified atom stereocenters. The molecule has 1 N–H and O–H groups in total. The Balaban J connectivity index is 1.43. The molecule has 0 aromatic heterocycles.